The minimum Gasteiger partial charge on any atom is -0.275 e. The van der Waals surface area contributed by atoms with Crippen molar-refractivity contribution in [3.8, 4) is 0 Å². The van der Waals surface area contributed by atoms with Gasteiger partial charge in [-0.25, -0.2) is 0 Å². The molecule has 27 heavy (non-hydrogen) atoms. The highest BCUT2D eigenvalue weighted by Crippen LogP contribution is 2.45. The van der Waals surface area contributed by atoms with E-state index in [1.54, 1.807) is 18.2 Å². The Hall–Kier alpha value is -2.84. The number of nitrogens with zero attached hydrogens (tertiary/aromatic N) is 4. The zero-order valence-corrected chi connectivity index (χ0v) is 15.4. The average Bonchev–Trinajstić information content (AvgIpc) is 3.13. The van der Waals surface area contributed by atoms with E-state index in [0.717, 1.165) is 10.6 Å². The summed E-state index contributed by atoms with van der Waals surface area (Å²) in [6.07, 6.45) is 0.598. The zero-order chi connectivity index (χ0) is 19.0. The monoisotopic (exact) mass is 400 g/mol. The van der Waals surface area contributed by atoms with Crippen molar-refractivity contribution >= 4 is 39.7 Å². The van der Waals surface area contributed by atoms with Gasteiger partial charge in [-0.2, -0.15) is 0 Å². The average molecular weight is 401 g/mol. The number of nitro groups is 1. The first-order valence-corrected chi connectivity index (χ1v) is 9.38. The fraction of sp³-hybridized carbons (Fsp3) is 0.167. The second-order valence-corrected chi connectivity index (χ2v) is 7.52. The number of para-hydroxylation sites is 1. The highest BCUT2D eigenvalue weighted by Gasteiger charge is 2.51. The lowest BCUT2D eigenvalue weighted by Crippen LogP contribution is -2.56. The third kappa shape index (κ3) is 3.17. The fourth-order valence-corrected chi connectivity index (χ4v) is 4.32. The summed E-state index contributed by atoms with van der Waals surface area (Å²) in [4.78, 5) is 24.6. The number of aromatic nitrogens is 2. The van der Waals surface area contributed by atoms with Gasteiger partial charge >= 0.3 is 0 Å². The van der Waals surface area contributed by atoms with E-state index in [-0.39, 0.29) is 11.6 Å². The molecule has 1 saturated heterocycles. The molecule has 1 fully saturated rings. The minimum atomic E-state index is -0.868. The summed E-state index contributed by atoms with van der Waals surface area (Å²) in [5.41, 5.74) is 1.40. The van der Waals surface area contributed by atoms with Gasteiger partial charge in [0.1, 0.15) is 10.4 Å². The second kappa shape index (κ2) is 7.05. The van der Waals surface area contributed by atoms with Gasteiger partial charge < -0.3 is 0 Å². The van der Waals surface area contributed by atoms with Crippen molar-refractivity contribution in [3.05, 3.63) is 80.8 Å². The maximum Gasteiger partial charge on any atom is 0.274 e. The molecule has 0 aliphatic carbocycles. The molecule has 0 radical (unpaired) electrons. The SMILES string of the molecule is O=C1C(Cl)C(c2ccccc2[N+](=O)[O-])N1c1nnc(Cc2ccccc2)s1. The maximum absolute atomic E-state index is 12.4. The Bertz CT molecular complexity index is 1010. The molecular formula is C18H13ClN4O3S. The predicted molar refractivity (Wildman–Crippen MR) is 102 cm³/mol. The molecule has 9 heteroatoms. The van der Waals surface area contributed by atoms with Crippen LogP contribution < -0.4 is 4.90 Å². The number of β-lactam (4-membered cyclic amide) rings is 1. The van der Waals surface area contributed by atoms with E-state index in [0.29, 0.717) is 17.1 Å². The van der Waals surface area contributed by atoms with Crippen LogP contribution in [0.15, 0.2) is 54.6 Å². The number of amides is 1. The minimum absolute atomic E-state index is 0.0697. The Morgan fingerprint density at radius 3 is 2.56 bits per heavy atom. The van der Waals surface area contributed by atoms with Gasteiger partial charge in [0.15, 0.2) is 0 Å². The number of anilines is 1. The summed E-state index contributed by atoms with van der Waals surface area (Å²) >= 11 is 7.48. The molecule has 7 nitrogen and oxygen atoms in total. The topological polar surface area (TPSA) is 89.2 Å². The second-order valence-electron chi connectivity index (χ2n) is 6.01. The molecule has 0 saturated carbocycles. The van der Waals surface area contributed by atoms with Crippen molar-refractivity contribution in [1.29, 1.82) is 0 Å². The van der Waals surface area contributed by atoms with Crippen LogP contribution >= 0.6 is 22.9 Å². The lowest BCUT2D eigenvalue weighted by Gasteiger charge is -2.42. The number of hydrogen-bond acceptors (Lipinski definition) is 6. The number of benzene rings is 2. The first-order chi connectivity index (χ1) is 13.1. The van der Waals surface area contributed by atoms with E-state index in [2.05, 4.69) is 10.2 Å². The molecule has 4 rings (SSSR count). The molecule has 136 valence electrons. The summed E-state index contributed by atoms with van der Waals surface area (Å²) in [6, 6.07) is 15.4. The first-order valence-electron chi connectivity index (χ1n) is 8.13. The number of halogens is 1. The van der Waals surface area contributed by atoms with Gasteiger partial charge in [-0.15, -0.1) is 21.8 Å². The predicted octanol–water partition coefficient (Wildman–Crippen LogP) is 3.73. The van der Waals surface area contributed by atoms with Crippen LogP contribution in [0.3, 0.4) is 0 Å². The molecule has 2 unspecified atom stereocenters. The van der Waals surface area contributed by atoms with E-state index in [9.17, 15) is 14.9 Å². The van der Waals surface area contributed by atoms with Crippen molar-refractivity contribution in [2.45, 2.75) is 17.8 Å². The number of hydrogen-bond donors (Lipinski definition) is 0. The molecule has 0 N–H and O–H groups in total. The lowest BCUT2D eigenvalue weighted by atomic mass is 9.92. The van der Waals surface area contributed by atoms with E-state index in [1.807, 2.05) is 30.3 Å². The Kier molecular flexibility index (Phi) is 4.59. The van der Waals surface area contributed by atoms with Crippen LogP contribution in [0.1, 0.15) is 22.2 Å². The molecular weight excluding hydrogens is 388 g/mol. The van der Waals surface area contributed by atoms with Crippen molar-refractivity contribution in [1.82, 2.24) is 10.2 Å². The Labute approximate surface area is 163 Å². The van der Waals surface area contributed by atoms with Gasteiger partial charge in [0, 0.05) is 12.5 Å². The van der Waals surface area contributed by atoms with E-state index < -0.39 is 16.3 Å². The molecule has 1 aliphatic heterocycles. The molecule has 1 amide bonds. The fourth-order valence-electron chi connectivity index (χ4n) is 3.05. The van der Waals surface area contributed by atoms with Crippen LogP contribution in [0.25, 0.3) is 0 Å². The number of carbonyl (C=O) groups is 1. The highest BCUT2D eigenvalue weighted by molar-refractivity contribution is 7.15. The molecule has 2 heterocycles. The normalized spacial score (nSPS) is 19.0. The summed E-state index contributed by atoms with van der Waals surface area (Å²) in [5, 5.41) is 19.9. The molecule has 2 aromatic carbocycles. The first kappa shape index (κ1) is 17.6. The Morgan fingerprint density at radius 1 is 1.11 bits per heavy atom. The molecule has 2 atom stereocenters. The summed E-state index contributed by atoms with van der Waals surface area (Å²) in [7, 11) is 0. The maximum atomic E-state index is 12.4. The molecule has 1 aliphatic rings. The van der Waals surface area contributed by atoms with Crippen LogP contribution in [-0.2, 0) is 11.2 Å². The van der Waals surface area contributed by atoms with Crippen molar-refractivity contribution in [3.63, 3.8) is 0 Å². The largest absolute Gasteiger partial charge is 0.275 e. The summed E-state index contributed by atoms with van der Waals surface area (Å²) < 4.78 is 0. The quantitative estimate of drug-likeness (QED) is 0.282. The Morgan fingerprint density at radius 2 is 1.81 bits per heavy atom. The van der Waals surface area contributed by atoms with Crippen LogP contribution in [0.2, 0.25) is 0 Å². The third-order valence-corrected chi connectivity index (χ3v) is 5.69. The highest BCUT2D eigenvalue weighted by atomic mass is 35.5. The number of carbonyl (C=O) groups excluding carboxylic acids is 1. The van der Waals surface area contributed by atoms with E-state index in [4.69, 9.17) is 11.6 Å². The summed E-state index contributed by atoms with van der Waals surface area (Å²) in [5.74, 6) is -0.331. The van der Waals surface area contributed by atoms with Gasteiger partial charge in [-0.1, -0.05) is 53.8 Å². The molecule has 1 aromatic heterocycles. The third-order valence-electron chi connectivity index (χ3n) is 4.34. The van der Waals surface area contributed by atoms with Gasteiger partial charge in [-0.3, -0.25) is 19.8 Å². The van der Waals surface area contributed by atoms with Gasteiger partial charge in [0.2, 0.25) is 11.0 Å². The molecule has 0 spiro atoms. The van der Waals surface area contributed by atoms with Crippen molar-refractivity contribution in [2.75, 3.05) is 4.90 Å². The van der Waals surface area contributed by atoms with Crippen molar-refractivity contribution in [2.24, 2.45) is 0 Å². The van der Waals surface area contributed by atoms with E-state index >= 15 is 0 Å². The molecule has 3 aromatic rings. The van der Waals surface area contributed by atoms with Crippen molar-refractivity contribution < 1.29 is 9.72 Å². The van der Waals surface area contributed by atoms with Gasteiger partial charge in [0.25, 0.3) is 5.69 Å². The van der Waals surface area contributed by atoms with Crippen LogP contribution in [0.4, 0.5) is 10.8 Å². The van der Waals surface area contributed by atoms with E-state index in [1.165, 1.54) is 22.3 Å². The van der Waals surface area contributed by atoms with Crippen LogP contribution in [0.5, 0.6) is 0 Å². The van der Waals surface area contributed by atoms with Crippen LogP contribution in [-0.4, -0.2) is 26.4 Å². The number of alkyl halides is 1. The smallest absolute Gasteiger partial charge is 0.274 e. The van der Waals surface area contributed by atoms with Gasteiger partial charge in [0.05, 0.1) is 16.5 Å². The number of rotatable bonds is 5. The zero-order valence-electron chi connectivity index (χ0n) is 13.9. The lowest BCUT2D eigenvalue weighted by molar-refractivity contribution is -0.385. The molecule has 0 bridgehead atoms. The van der Waals surface area contributed by atoms with Crippen LogP contribution in [0, 0.1) is 10.1 Å². The standard InChI is InChI=1S/C18H13ClN4O3S/c19-15-16(12-8-4-5-9-13(12)23(25)26)22(17(15)24)18-21-20-14(27-18)10-11-6-2-1-3-7-11/h1-9,15-16H,10H2. The number of nitro benzene ring substituents is 1. The Balaban J connectivity index is 1.63. The van der Waals surface area contributed by atoms with Gasteiger partial charge in [-0.05, 0) is 11.6 Å². The summed E-state index contributed by atoms with van der Waals surface area (Å²) in [6.45, 7) is 0.